The zero-order valence-electron chi connectivity index (χ0n) is 10.1. The minimum Gasteiger partial charge on any atom is -0.316 e. The predicted octanol–water partition coefficient (Wildman–Crippen LogP) is 4.22. The Bertz CT molecular complexity index is 341. The molecule has 2 rings (SSSR count). The van der Waals surface area contributed by atoms with Crippen molar-refractivity contribution in [2.24, 2.45) is 5.41 Å². The molecule has 3 heteroatoms. The normalized spacial score (nSPS) is 21.2. The standard InChI is InChI=1S/C13H20BrNS/c1-13(5-3-4-6-13)12(15-2)8-11-7-10(14)9-16-11/h7,9,12,15H,3-6,8H2,1-2H3. The zero-order valence-corrected chi connectivity index (χ0v) is 12.5. The van der Waals surface area contributed by atoms with Gasteiger partial charge < -0.3 is 5.32 Å². The lowest BCUT2D eigenvalue weighted by Gasteiger charge is -2.33. The van der Waals surface area contributed by atoms with E-state index in [2.05, 4.69) is 46.7 Å². The summed E-state index contributed by atoms with van der Waals surface area (Å²) in [5.74, 6) is 0. The van der Waals surface area contributed by atoms with Crippen LogP contribution < -0.4 is 5.32 Å². The molecular formula is C13H20BrNS. The van der Waals surface area contributed by atoms with Crippen LogP contribution in [-0.4, -0.2) is 13.1 Å². The number of hydrogen-bond acceptors (Lipinski definition) is 2. The monoisotopic (exact) mass is 301 g/mol. The van der Waals surface area contributed by atoms with Gasteiger partial charge in [0.25, 0.3) is 0 Å². The van der Waals surface area contributed by atoms with Gasteiger partial charge >= 0.3 is 0 Å². The molecule has 1 atom stereocenters. The van der Waals surface area contributed by atoms with Crippen molar-refractivity contribution in [2.75, 3.05) is 7.05 Å². The van der Waals surface area contributed by atoms with Crippen LogP contribution in [0.3, 0.4) is 0 Å². The lowest BCUT2D eigenvalue weighted by atomic mass is 9.79. The van der Waals surface area contributed by atoms with E-state index < -0.39 is 0 Å². The van der Waals surface area contributed by atoms with E-state index in [1.165, 1.54) is 41.5 Å². The summed E-state index contributed by atoms with van der Waals surface area (Å²) in [6.45, 7) is 2.45. The maximum absolute atomic E-state index is 3.53. The van der Waals surface area contributed by atoms with Crippen molar-refractivity contribution in [1.82, 2.24) is 5.32 Å². The Balaban J connectivity index is 2.05. The molecule has 1 aromatic heterocycles. The van der Waals surface area contributed by atoms with Crippen molar-refractivity contribution in [2.45, 2.75) is 45.1 Å². The lowest BCUT2D eigenvalue weighted by molar-refractivity contribution is 0.230. The number of hydrogen-bond donors (Lipinski definition) is 1. The molecule has 1 heterocycles. The van der Waals surface area contributed by atoms with Crippen LogP contribution in [0, 0.1) is 5.41 Å². The van der Waals surface area contributed by atoms with E-state index in [-0.39, 0.29) is 0 Å². The van der Waals surface area contributed by atoms with E-state index in [0.717, 1.165) is 0 Å². The maximum Gasteiger partial charge on any atom is 0.0285 e. The van der Waals surface area contributed by atoms with E-state index in [0.29, 0.717) is 11.5 Å². The van der Waals surface area contributed by atoms with Gasteiger partial charge in [-0.25, -0.2) is 0 Å². The second kappa shape index (κ2) is 5.19. The van der Waals surface area contributed by atoms with Crippen LogP contribution in [0.15, 0.2) is 15.9 Å². The molecule has 1 aliphatic rings. The minimum atomic E-state index is 0.505. The first kappa shape index (κ1) is 12.6. The van der Waals surface area contributed by atoms with E-state index in [4.69, 9.17) is 0 Å². The molecule has 1 saturated carbocycles. The van der Waals surface area contributed by atoms with Crippen molar-refractivity contribution >= 4 is 27.3 Å². The Kier molecular flexibility index (Phi) is 4.09. The zero-order chi connectivity index (χ0) is 11.6. The van der Waals surface area contributed by atoms with Crippen molar-refractivity contribution in [3.63, 3.8) is 0 Å². The third kappa shape index (κ3) is 2.69. The third-order valence-corrected chi connectivity index (χ3v) is 5.68. The fourth-order valence-corrected chi connectivity index (χ4v) is 4.39. The van der Waals surface area contributed by atoms with Gasteiger partial charge in [0, 0.05) is 20.8 Å². The highest BCUT2D eigenvalue weighted by atomic mass is 79.9. The van der Waals surface area contributed by atoms with Crippen LogP contribution in [0.5, 0.6) is 0 Å². The fraction of sp³-hybridized carbons (Fsp3) is 0.692. The highest BCUT2D eigenvalue weighted by Gasteiger charge is 2.36. The van der Waals surface area contributed by atoms with Gasteiger partial charge in [0.2, 0.25) is 0 Å². The summed E-state index contributed by atoms with van der Waals surface area (Å²) < 4.78 is 1.22. The van der Waals surface area contributed by atoms with Crippen molar-refractivity contribution < 1.29 is 0 Å². The molecule has 1 unspecified atom stereocenters. The highest BCUT2D eigenvalue weighted by molar-refractivity contribution is 9.10. The smallest absolute Gasteiger partial charge is 0.0285 e. The summed E-state index contributed by atoms with van der Waals surface area (Å²) in [5, 5.41) is 5.71. The molecule has 90 valence electrons. The summed E-state index contributed by atoms with van der Waals surface area (Å²) in [6.07, 6.45) is 6.74. The summed E-state index contributed by atoms with van der Waals surface area (Å²) in [6, 6.07) is 2.88. The Hall–Kier alpha value is 0.140. The molecular weight excluding hydrogens is 282 g/mol. The molecule has 16 heavy (non-hydrogen) atoms. The molecule has 0 aliphatic heterocycles. The Morgan fingerprint density at radius 2 is 2.19 bits per heavy atom. The largest absolute Gasteiger partial charge is 0.316 e. The van der Waals surface area contributed by atoms with E-state index >= 15 is 0 Å². The molecule has 0 saturated heterocycles. The molecule has 1 aliphatic carbocycles. The van der Waals surface area contributed by atoms with Crippen LogP contribution in [0.4, 0.5) is 0 Å². The van der Waals surface area contributed by atoms with Crippen LogP contribution in [-0.2, 0) is 6.42 Å². The van der Waals surface area contributed by atoms with Gasteiger partial charge in [0.15, 0.2) is 0 Å². The van der Waals surface area contributed by atoms with Gasteiger partial charge in [-0.2, -0.15) is 0 Å². The van der Waals surface area contributed by atoms with Gasteiger partial charge in [0.1, 0.15) is 0 Å². The molecule has 0 spiro atoms. The number of halogens is 1. The molecule has 1 nitrogen and oxygen atoms in total. The molecule has 0 amide bonds. The molecule has 1 fully saturated rings. The lowest BCUT2D eigenvalue weighted by Crippen LogP contribution is -2.41. The predicted molar refractivity (Wildman–Crippen MR) is 75.1 cm³/mol. The Morgan fingerprint density at radius 1 is 1.50 bits per heavy atom. The molecule has 0 bridgehead atoms. The second-order valence-electron chi connectivity index (χ2n) is 5.14. The first-order valence-electron chi connectivity index (χ1n) is 6.04. The van der Waals surface area contributed by atoms with E-state index in [9.17, 15) is 0 Å². The molecule has 0 radical (unpaired) electrons. The first-order chi connectivity index (χ1) is 7.64. The van der Waals surface area contributed by atoms with Crippen molar-refractivity contribution in [3.05, 3.63) is 20.8 Å². The Morgan fingerprint density at radius 3 is 2.69 bits per heavy atom. The fourth-order valence-electron chi connectivity index (χ4n) is 2.89. The van der Waals surface area contributed by atoms with E-state index in [1.807, 2.05) is 11.3 Å². The third-order valence-electron chi connectivity index (χ3n) is 3.96. The van der Waals surface area contributed by atoms with Crippen molar-refractivity contribution in [3.8, 4) is 0 Å². The minimum absolute atomic E-state index is 0.505. The van der Waals surface area contributed by atoms with Crippen LogP contribution in [0.2, 0.25) is 0 Å². The summed E-state index contributed by atoms with van der Waals surface area (Å²) in [7, 11) is 2.11. The first-order valence-corrected chi connectivity index (χ1v) is 7.71. The second-order valence-corrected chi connectivity index (χ2v) is 7.05. The summed E-state index contributed by atoms with van der Waals surface area (Å²) >= 11 is 5.39. The number of rotatable bonds is 4. The summed E-state index contributed by atoms with van der Waals surface area (Å²) in [5.41, 5.74) is 0.505. The van der Waals surface area contributed by atoms with Gasteiger partial charge in [-0.15, -0.1) is 11.3 Å². The number of thiophene rings is 1. The van der Waals surface area contributed by atoms with E-state index in [1.54, 1.807) is 0 Å². The van der Waals surface area contributed by atoms with Crippen molar-refractivity contribution in [1.29, 1.82) is 0 Å². The van der Waals surface area contributed by atoms with Gasteiger partial charge in [0.05, 0.1) is 0 Å². The highest BCUT2D eigenvalue weighted by Crippen LogP contribution is 2.41. The van der Waals surface area contributed by atoms with Gasteiger partial charge in [-0.05, 0) is 53.7 Å². The average molecular weight is 302 g/mol. The quantitative estimate of drug-likeness (QED) is 0.878. The van der Waals surface area contributed by atoms with Crippen LogP contribution in [0.1, 0.15) is 37.5 Å². The molecule has 0 aromatic carbocycles. The topological polar surface area (TPSA) is 12.0 Å². The number of nitrogens with one attached hydrogen (secondary N) is 1. The van der Waals surface area contributed by atoms with Crippen LogP contribution in [0.25, 0.3) is 0 Å². The molecule has 1 aromatic rings. The average Bonchev–Trinajstić information content (AvgIpc) is 2.85. The van der Waals surface area contributed by atoms with Gasteiger partial charge in [-0.3, -0.25) is 0 Å². The number of likely N-dealkylation sites (N-methyl/N-ethyl adjacent to an activating group) is 1. The molecule has 1 N–H and O–H groups in total. The Labute approximate surface area is 111 Å². The van der Waals surface area contributed by atoms with Gasteiger partial charge in [-0.1, -0.05) is 19.8 Å². The van der Waals surface area contributed by atoms with Crippen LogP contribution >= 0.6 is 27.3 Å². The maximum atomic E-state index is 3.53. The SMILES string of the molecule is CNC(Cc1cc(Br)cs1)C1(C)CCCC1. The summed E-state index contributed by atoms with van der Waals surface area (Å²) in [4.78, 5) is 1.49.